The van der Waals surface area contributed by atoms with Crippen LogP contribution in [0.25, 0.3) is 0 Å². The highest BCUT2D eigenvalue weighted by atomic mass is 16.5. The van der Waals surface area contributed by atoms with E-state index in [9.17, 15) is 5.11 Å². The normalized spacial score (nSPS) is 12.3. The van der Waals surface area contributed by atoms with Gasteiger partial charge in [-0.05, 0) is 24.6 Å². The van der Waals surface area contributed by atoms with Gasteiger partial charge in [0.15, 0.2) is 0 Å². The molecule has 0 fully saturated rings. The van der Waals surface area contributed by atoms with Gasteiger partial charge >= 0.3 is 0 Å². The van der Waals surface area contributed by atoms with E-state index in [1.54, 1.807) is 26.4 Å². The lowest BCUT2D eigenvalue weighted by atomic mass is 10.1. The number of aliphatic hydroxyl groups excluding tert-OH is 1. The highest BCUT2D eigenvalue weighted by molar-refractivity contribution is 5.47. The molecule has 0 radical (unpaired) electrons. The predicted molar refractivity (Wildman–Crippen MR) is 58.3 cm³/mol. The number of methoxy groups -OCH3 is 2. The largest absolute Gasteiger partial charge is 0.496 e. The first-order valence-electron chi connectivity index (χ1n) is 4.74. The first kappa shape index (κ1) is 11.8. The van der Waals surface area contributed by atoms with Crippen molar-refractivity contribution in [3.8, 4) is 11.5 Å². The SMILES string of the molecule is COc1cc([C@H](O)CN)cc(OC)c1C. The minimum Gasteiger partial charge on any atom is -0.496 e. The van der Waals surface area contributed by atoms with Crippen LogP contribution in [-0.4, -0.2) is 25.9 Å². The summed E-state index contributed by atoms with van der Waals surface area (Å²) in [7, 11) is 3.17. The number of hydrogen-bond acceptors (Lipinski definition) is 4. The molecule has 0 unspecified atom stereocenters. The van der Waals surface area contributed by atoms with E-state index in [1.165, 1.54) is 0 Å². The Kier molecular flexibility index (Phi) is 3.94. The molecule has 15 heavy (non-hydrogen) atoms. The lowest BCUT2D eigenvalue weighted by molar-refractivity contribution is 0.186. The second-order valence-corrected chi connectivity index (χ2v) is 3.30. The van der Waals surface area contributed by atoms with Crippen LogP contribution in [0.4, 0.5) is 0 Å². The Labute approximate surface area is 89.6 Å². The molecule has 4 nitrogen and oxygen atoms in total. The zero-order valence-corrected chi connectivity index (χ0v) is 9.28. The van der Waals surface area contributed by atoms with Gasteiger partial charge in [0.2, 0.25) is 0 Å². The number of rotatable bonds is 4. The number of hydrogen-bond donors (Lipinski definition) is 2. The fourth-order valence-electron chi connectivity index (χ4n) is 1.43. The Morgan fingerprint density at radius 3 is 2.07 bits per heavy atom. The lowest BCUT2D eigenvalue weighted by Gasteiger charge is -2.15. The van der Waals surface area contributed by atoms with Crippen LogP contribution in [0.3, 0.4) is 0 Å². The van der Waals surface area contributed by atoms with Gasteiger partial charge in [-0.3, -0.25) is 0 Å². The molecule has 0 saturated heterocycles. The summed E-state index contributed by atoms with van der Waals surface area (Å²) in [5.74, 6) is 1.38. The lowest BCUT2D eigenvalue weighted by Crippen LogP contribution is -2.12. The van der Waals surface area contributed by atoms with Crippen molar-refractivity contribution in [1.82, 2.24) is 0 Å². The molecule has 0 aromatic heterocycles. The molecule has 3 N–H and O–H groups in total. The quantitative estimate of drug-likeness (QED) is 0.780. The molecule has 0 aliphatic carbocycles. The first-order chi connectivity index (χ1) is 7.13. The van der Waals surface area contributed by atoms with Gasteiger partial charge in [-0.15, -0.1) is 0 Å². The third-order valence-electron chi connectivity index (χ3n) is 2.38. The minimum atomic E-state index is -0.687. The van der Waals surface area contributed by atoms with E-state index in [-0.39, 0.29) is 6.54 Å². The smallest absolute Gasteiger partial charge is 0.125 e. The van der Waals surface area contributed by atoms with Crippen molar-refractivity contribution in [2.24, 2.45) is 5.73 Å². The molecule has 1 atom stereocenters. The number of nitrogens with two attached hydrogens (primary N) is 1. The van der Waals surface area contributed by atoms with Gasteiger partial charge in [0.1, 0.15) is 11.5 Å². The monoisotopic (exact) mass is 211 g/mol. The second kappa shape index (κ2) is 5.00. The highest BCUT2D eigenvalue weighted by Gasteiger charge is 2.12. The van der Waals surface area contributed by atoms with Crippen molar-refractivity contribution >= 4 is 0 Å². The zero-order chi connectivity index (χ0) is 11.4. The maximum atomic E-state index is 9.62. The van der Waals surface area contributed by atoms with Crippen LogP contribution >= 0.6 is 0 Å². The molecule has 0 heterocycles. The summed E-state index contributed by atoms with van der Waals surface area (Å²) in [6.07, 6.45) is -0.687. The van der Waals surface area contributed by atoms with Crippen LogP contribution < -0.4 is 15.2 Å². The first-order valence-corrected chi connectivity index (χ1v) is 4.74. The van der Waals surface area contributed by atoms with E-state index in [0.717, 1.165) is 5.56 Å². The van der Waals surface area contributed by atoms with E-state index < -0.39 is 6.10 Å². The maximum absolute atomic E-state index is 9.62. The van der Waals surface area contributed by atoms with Crippen LogP contribution in [0.1, 0.15) is 17.2 Å². The van der Waals surface area contributed by atoms with E-state index in [2.05, 4.69) is 0 Å². The van der Waals surface area contributed by atoms with Crippen LogP contribution in [-0.2, 0) is 0 Å². The molecule has 84 valence electrons. The van der Waals surface area contributed by atoms with E-state index in [0.29, 0.717) is 17.1 Å². The summed E-state index contributed by atoms with van der Waals surface area (Å²) in [6.45, 7) is 2.08. The van der Waals surface area contributed by atoms with E-state index >= 15 is 0 Å². The van der Waals surface area contributed by atoms with Crippen molar-refractivity contribution < 1.29 is 14.6 Å². The fourth-order valence-corrected chi connectivity index (χ4v) is 1.43. The maximum Gasteiger partial charge on any atom is 0.125 e. The average molecular weight is 211 g/mol. The molecule has 4 heteroatoms. The third-order valence-corrected chi connectivity index (χ3v) is 2.38. The van der Waals surface area contributed by atoms with Crippen molar-refractivity contribution in [1.29, 1.82) is 0 Å². The Balaban J connectivity index is 3.20. The molecule has 0 aliphatic rings. The molecule has 1 aromatic carbocycles. The van der Waals surface area contributed by atoms with Gasteiger partial charge in [0, 0.05) is 12.1 Å². The Morgan fingerprint density at radius 2 is 1.73 bits per heavy atom. The van der Waals surface area contributed by atoms with Gasteiger partial charge in [-0.1, -0.05) is 0 Å². The van der Waals surface area contributed by atoms with Crippen LogP contribution in [0.2, 0.25) is 0 Å². The molecule has 1 rings (SSSR count). The predicted octanol–water partition coefficient (Wildman–Crippen LogP) is 1.00. The van der Waals surface area contributed by atoms with E-state index in [1.807, 2.05) is 6.92 Å². The number of benzene rings is 1. The molecule has 0 saturated carbocycles. The molecule has 0 bridgehead atoms. The highest BCUT2D eigenvalue weighted by Crippen LogP contribution is 2.31. The van der Waals surface area contributed by atoms with Gasteiger partial charge in [0.05, 0.1) is 20.3 Å². The summed E-state index contributed by atoms with van der Waals surface area (Å²) < 4.78 is 10.4. The Bertz CT molecular complexity index is 314. The van der Waals surface area contributed by atoms with Crippen molar-refractivity contribution in [2.75, 3.05) is 20.8 Å². The summed E-state index contributed by atoms with van der Waals surface area (Å²) in [5, 5.41) is 9.62. The molecule has 0 amide bonds. The zero-order valence-electron chi connectivity index (χ0n) is 9.28. The molecular formula is C11H17NO3. The molecular weight excluding hydrogens is 194 g/mol. The van der Waals surface area contributed by atoms with E-state index in [4.69, 9.17) is 15.2 Å². The number of aliphatic hydroxyl groups is 1. The Hall–Kier alpha value is -1.26. The average Bonchev–Trinajstić information content (AvgIpc) is 2.28. The summed E-state index contributed by atoms with van der Waals surface area (Å²) in [6, 6.07) is 3.55. The molecule has 1 aromatic rings. The number of ether oxygens (including phenoxy) is 2. The fraction of sp³-hybridized carbons (Fsp3) is 0.455. The van der Waals surface area contributed by atoms with Gasteiger partial charge in [-0.25, -0.2) is 0 Å². The van der Waals surface area contributed by atoms with Gasteiger partial charge in [0.25, 0.3) is 0 Å². The van der Waals surface area contributed by atoms with Crippen molar-refractivity contribution in [3.63, 3.8) is 0 Å². The van der Waals surface area contributed by atoms with Crippen LogP contribution in [0.5, 0.6) is 11.5 Å². The van der Waals surface area contributed by atoms with Crippen molar-refractivity contribution in [2.45, 2.75) is 13.0 Å². The summed E-state index contributed by atoms with van der Waals surface area (Å²) in [5.41, 5.74) is 7.01. The summed E-state index contributed by atoms with van der Waals surface area (Å²) >= 11 is 0. The van der Waals surface area contributed by atoms with Gasteiger partial charge in [-0.2, -0.15) is 0 Å². The molecule has 0 spiro atoms. The minimum absolute atomic E-state index is 0.176. The standard InChI is InChI=1S/C11H17NO3/c1-7-10(14-2)4-8(9(13)6-12)5-11(7)15-3/h4-5,9,13H,6,12H2,1-3H3/t9-/m1/s1. The van der Waals surface area contributed by atoms with Crippen LogP contribution in [0.15, 0.2) is 12.1 Å². The second-order valence-electron chi connectivity index (χ2n) is 3.30. The van der Waals surface area contributed by atoms with Crippen LogP contribution in [0, 0.1) is 6.92 Å². The molecule has 0 aliphatic heterocycles. The third kappa shape index (κ3) is 2.40. The topological polar surface area (TPSA) is 64.7 Å². The van der Waals surface area contributed by atoms with Gasteiger partial charge < -0.3 is 20.3 Å². The Morgan fingerprint density at radius 1 is 1.27 bits per heavy atom. The summed E-state index contributed by atoms with van der Waals surface area (Å²) in [4.78, 5) is 0. The van der Waals surface area contributed by atoms with Crippen molar-refractivity contribution in [3.05, 3.63) is 23.3 Å².